The van der Waals surface area contributed by atoms with Crippen LogP contribution in [0.1, 0.15) is 17.7 Å². The van der Waals surface area contributed by atoms with Crippen LogP contribution in [0.4, 0.5) is 0 Å². The number of piperazine rings is 1. The Morgan fingerprint density at radius 2 is 1.81 bits per heavy atom. The van der Waals surface area contributed by atoms with Crippen molar-refractivity contribution in [1.29, 1.82) is 0 Å². The van der Waals surface area contributed by atoms with E-state index in [0.717, 1.165) is 28.7 Å². The highest BCUT2D eigenvalue weighted by molar-refractivity contribution is 7.99. The average molecular weight is 412 g/mol. The van der Waals surface area contributed by atoms with Crippen molar-refractivity contribution in [2.45, 2.75) is 22.1 Å². The summed E-state index contributed by atoms with van der Waals surface area (Å²) in [5, 5.41) is 1.62. The molecule has 3 rings (SSSR count). The Morgan fingerprint density at radius 3 is 2.42 bits per heavy atom. The summed E-state index contributed by atoms with van der Waals surface area (Å²) < 4.78 is 27.0. The minimum atomic E-state index is -3.48. The predicted octanol–water partition coefficient (Wildman–Crippen LogP) is 3.52. The molecule has 1 atom stereocenters. The van der Waals surface area contributed by atoms with Crippen LogP contribution in [0.2, 0.25) is 5.02 Å². The maximum absolute atomic E-state index is 12.7. The van der Waals surface area contributed by atoms with Crippen LogP contribution in [-0.2, 0) is 10.0 Å². The number of rotatable bonds is 5. The molecule has 0 aliphatic carbocycles. The van der Waals surface area contributed by atoms with Gasteiger partial charge >= 0.3 is 0 Å². The summed E-state index contributed by atoms with van der Waals surface area (Å²) in [7, 11) is -1.48. The summed E-state index contributed by atoms with van der Waals surface area (Å²) >= 11 is 7.80. The fraction of sp³-hybridized carbons (Fsp3) is 0.389. The van der Waals surface area contributed by atoms with E-state index in [4.69, 9.17) is 11.6 Å². The van der Waals surface area contributed by atoms with Gasteiger partial charge in [-0.3, -0.25) is 0 Å². The van der Waals surface area contributed by atoms with Crippen molar-refractivity contribution in [1.82, 2.24) is 14.2 Å². The first-order chi connectivity index (χ1) is 12.4. The standard InChI is InChI=1S/C18H22ClN3O2S2/c1-14(16-5-3-4-6-17(16)19)25-18-8-7-15(13-20-18)26(23,24)22-11-9-21(2)10-12-22/h3-8,13-14H,9-12H2,1-2H3/t14-/m1/s1. The third-order valence-electron chi connectivity index (χ3n) is 4.45. The molecule has 1 saturated heterocycles. The van der Waals surface area contributed by atoms with Crippen molar-refractivity contribution in [3.8, 4) is 0 Å². The molecule has 0 amide bonds. The van der Waals surface area contributed by atoms with Crippen molar-refractivity contribution in [3.05, 3.63) is 53.2 Å². The fourth-order valence-corrected chi connectivity index (χ4v) is 5.50. The molecular formula is C18H22ClN3O2S2. The maximum atomic E-state index is 12.7. The van der Waals surface area contributed by atoms with Crippen LogP contribution < -0.4 is 0 Å². The number of halogens is 1. The van der Waals surface area contributed by atoms with E-state index in [1.165, 1.54) is 10.5 Å². The van der Waals surface area contributed by atoms with Crippen molar-refractivity contribution in [3.63, 3.8) is 0 Å². The zero-order valence-electron chi connectivity index (χ0n) is 14.8. The molecular weight excluding hydrogens is 390 g/mol. The van der Waals surface area contributed by atoms with Gasteiger partial charge in [0.1, 0.15) is 4.90 Å². The van der Waals surface area contributed by atoms with Crippen molar-refractivity contribution in [2.75, 3.05) is 33.2 Å². The van der Waals surface area contributed by atoms with Gasteiger partial charge in [0.05, 0.1) is 5.03 Å². The summed E-state index contributed by atoms with van der Waals surface area (Å²) in [6.45, 7) is 4.58. The molecule has 0 radical (unpaired) electrons. The molecule has 26 heavy (non-hydrogen) atoms. The second-order valence-electron chi connectivity index (χ2n) is 6.32. The van der Waals surface area contributed by atoms with Crippen LogP contribution in [0, 0.1) is 0 Å². The first-order valence-corrected chi connectivity index (χ1v) is 11.1. The molecule has 140 valence electrons. The molecule has 8 heteroatoms. The molecule has 2 heterocycles. The number of pyridine rings is 1. The van der Waals surface area contributed by atoms with Crippen molar-refractivity contribution >= 4 is 33.4 Å². The van der Waals surface area contributed by atoms with Crippen LogP contribution >= 0.6 is 23.4 Å². The molecule has 1 aliphatic heterocycles. The van der Waals surface area contributed by atoms with Gasteiger partial charge in [0.25, 0.3) is 0 Å². The van der Waals surface area contributed by atoms with Gasteiger partial charge in [-0.1, -0.05) is 41.6 Å². The lowest BCUT2D eigenvalue weighted by atomic mass is 10.2. The number of hydrogen-bond acceptors (Lipinski definition) is 5. The predicted molar refractivity (Wildman–Crippen MR) is 106 cm³/mol. The first kappa shape index (κ1) is 19.6. The Hall–Kier alpha value is -1.12. The SMILES string of the molecule is C[C@@H](Sc1ccc(S(=O)(=O)N2CCN(C)CC2)cn1)c1ccccc1Cl. The van der Waals surface area contributed by atoms with Crippen LogP contribution in [-0.4, -0.2) is 55.8 Å². The monoisotopic (exact) mass is 411 g/mol. The molecule has 0 unspecified atom stereocenters. The molecule has 1 aliphatic rings. The zero-order valence-corrected chi connectivity index (χ0v) is 17.2. The van der Waals surface area contributed by atoms with E-state index < -0.39 is 10.0 Å². The van der Waals surface area contributed by atoms with Gasteiger partial charge in [-0.2, -0.15) is 4.31 Å². The highest BCUT2D eigenvalue weighted by Crippen LogP contribution is 2.37. The lowest BCUT2D eigenvalue weighted by molar-refractivity contribution is 0.222. The van der Waals surface area contributed by atoms with Gasteiger partial charge in [-0.05, 0) is 37.7 Å². The Labute approximate surface area is 164 Å². The van der Waals surface area contributed by atoms with Crippen molar-refractivity contribution in [2.24, 2.45) is 0 Å². The van der Waals surface area contributed by atoms with E-state index in [2.05, 4.69) is 16.8 Å². The maximum Gasteiger partial charge on any atom is 0.244 e. The Kier molecular flexibility index (Phi) is 6.25. The van der Waals surface area contributed by atoms with E-state index in [9.17, 15) is 8.42 Å². The largest absolute Gasteiger partial charge is 0.304 e. The topological polar surface area (TPSA) is 53.5 Å². The third kappa shape index (κ3) is 4.40. The summed E-state index contributed by atoms with van der Waals surface area (Å²) in [4.78, 5) is 6.73. The molecule has 5 nitrogen and oxygen atoms in total. The number of benzene rings is 1. The highest BCUT2D eigenvalue weighted by Gasteiger charge is 2.27. The number of nitrogens with zero attached hydrogens (tertiary/aromatic N) is 3. The molecule has 1 aromatic heterocycles. The van der Waals surface area contributed by atoms with Crippen LogP contribution in [0.15, 0.2) is 52.5 Å². The number of aromatic nitrogens is 1. The van der Waals surface area contributed by atoms with Crippen molar-refractivity contribution < 1.29 is 8.42 Å². The normalized spacial score (nSPS) is 18.0. The second kappa shape index (κ2) is 8.27. The second-order valence-corrected chi connectivity index (χ2v) is 10.0. The number of sulfonamides is 1. The minimum absolute atomic E-state index is 0.122. The molecule has 1 aromatic carbocycles. The summed E-state index contributed by atoms with van der Waals surface area (Å²) in [6.07, 6.45) is 1.45. The van der Waals surface area contributed by atoms with Gasteiger partial charge in [0, 0.05) is 42.6 Å². The average Bonchev–Trinajstić information content (AvgIpc) is 2.63. The summed E-state index contributed by atoms with van der Waals surface area (Å²) in [6, 6.07) is 11.1. The number of thioether (sulfide) groups is 1. The van der Waals surface area contributed by atoms with E-state index in [1.54, 1.807) is 23.9 Å². The number of likely N-dealkylation sites (N-methyl/N-ethyl adjacent to an activating group) is 1. The summed E-state index contributed by atoms with van der Waals surface area (Å²) in [5.41, 5.74) is 1.04. The molecule has 0 bridgehead atoms. The van der Waals surface area contributed by atoms with Gasteiger partial charge in [0.2, 0.25) is 10.0 Å². The fourth-order valence-electron chi connectivity index (χ4n) is 2.82. The van der Waals surface area contributed by atoms with E-state index in [1.807, 2.05) is 31.3 Å². The van der Waals surface area contributed by atoms with Crippen LogP contribution in [0.5, 0.6) is 0 Å². The van der Waals surface area contributed by atoms with Gasteiger partial charge in [0.15, 0.2) is 0 Å². The molecule has 0 spiro atoms. The van der Waals surface area contributed by atoms with E-state index in [-0.39, 0.29) is 10.1 Å². The smallest absolute Gasteiger partial charge is 0.244 e. The molecule has 2 aromatic rings. The number of hydrogen-bond donors (Lipinski definition) is 0. The Balaban J connectivity index is 1.71. The van der Waals surface area contributed by atoms with E-state index >= 15 is 0 Å². The minimum Gasteiger partial charge on any atom is -0.304 e. The van der Waals surface area contributed by atoms with Gasteiger partial charge in [-0.25, -0.2) is 13.4 Å². The highest BCUT2D eigenvalue weighted by atomic mass is 35.5. The lowest BCUT2D eigenvalue weighted by Crippen LogP contribution is -2.47. The first-order valence-electron chi connectivity index (χ1n) is 8.44. The Bertz CT molecular complexity index is 851. The van der Waals surface area contributed by atoms with Crippen LogP contribution in [0.25, 0.3) is 0 Å². The quantitative estimate of drug-likeness (QED) is 0.704. The summed E-state index contributed by atoms with van der Waals surface area (Å²) in [5.74, 6) is 0. The van der Waals surface area contributed by atoms with Crippen LogP contribution in [0.3, 0.4) is 0 Å². The van der Waals surface area contributed by atoms with E-state index in [0.29, 0.717) is 13.1 Å². The molecule has 0 N–H and O–H groups in total. The van der Waals surface area contributed by atoms with Gasteiger partial charge in [-0.15, -0.1) is 0 Å². The zero-order chi connectivity index (χ0) is 18.7. The lowest BCUT2D eigenvalue weighted by Gasteiger charge is -2.31. The van der Waals surface area contributed by atoms with Gasteiger partial charge < -0.3 is 4.90 Å². The molecule has 1 fully saturated rings. The Morgan fingerprint density at radius 1 is 1.12 bits per heavy atom. The third-order valence-corrected chi connectivity index (χ3v) is 7.77. The molecule has 0 saturated carbocycles.